The van der Waals surface area contributed by atoms with Gasteiger partial charge in [-0.2, -0.15) is 0 Å². The average Bonchev–Trinajstić information content (AvgIpc) is 3.44. The Balaban J connectivity index is 1.40. The summed E-state index contributed by atoms with van der Waals surface area (Å²) in [6.45, 7) is 9.06. The lowest BCUT2D eigenvalue weighted by molar-refractivity contribution is 0.659. The molecule has 2 heterocycles. The van der Waals surface area contributed by atoms with Crippen molar-refractivity contribution < 1.29 is 0 Å². The van der Waals surface area contributed by atoms with Crippen molar-refractivity contribution in [3.8, 4) is 44.8 Å². The van der Waals surface area contributed by atoms with Crippen LogP contribution in [-0.2, 0) is 5.41 Å². The number of aryl methyl sites for hydroxylation is 2. The number of hydrogen-bond donors (Lipinski definition) is 0. The van der Waals surface area contributed by atoms with Crippen LogP contribution in [0.4, 0.5) is 0 Å². The third-order valence-electron chi connectivity index (χ3n) is 9.67. The second-order valence-electron chi connectivity index (χ2n) is 12.4. The number of pyridine rings is 2. The topological polar surface area (TPSA) is 25.8 Å². The van der Waals surface area contributed by atoms with Crippen LogP contribution in [-0.4, -0.2) is 9.97 Å². The van der Waals surface area contributed by atoms with Crippen LogP contribution in [0, 0.1) is 13.8 Å². The molecule has 0 radical (unpaired) electrons. The molecule has 2 aliphatic carbocycles. The van der Waals surface area contributed by atoms with Gasteiger partial charge >= 0.3 is 0 Å². The van der Waals surface area contributed by atoms with E-state index in [2.05, 4.69) is 113 Å². The molecule has 41 heavy (non-hydrogen) atoms. The van der Waals surface area contributed by atoms with E-state index >= 15 is 0 Å². The summed E-state index contributed by atoms with van der Waals surface area (Å²) in [6.07, 6.45) is 3.83. The zero-order valence-corrected chi connectivity index (χ0v) is 23.6. The Kier molecular flexibility index (Phi) is 4.29. The van der Waals surface area contributed by atoms with Gasteiger partial charge in [0.15, 0.2) is 0 Å². The van der Waals surface area contributed by atoms with E-state index in [0.717, 1.165) is 11.4 Å². The monoisotopic (exact) mass is 524 g/mol. The van der Waals surface area contributed by atoms with Gasteiger partial charge in [0.25, 0.3) is 0 Å². The zero-order chi connectivity index (χ0) is 27.6. The lowest BCUT2D eigenvalue weighted by Gasteiger charge is -2.22. The van der Waals surface area contributed by atoms with Gasteiger partial charge in [-0.1, -0.05) is 74.0 Å². The highest BCUT2D eigenvalue weighted by Gasteiger charge is 2.36. The number of nitrogens with zero attached hydrogens (tertiary/aromatic N) is 2. The average molecular weight is 525 g/mol. The lowest BCUT2D eigenvalue weighted by Crippen LogP contribution is -2.15. The van der Waals surface area contributed by atoms with Crippen molar-refractivity contribution in [3.63, 3.8) is 0 Å². The highest BCUT2D eigenvalue weighted by molar-refractivity contribution is 6.28. The predicted octanol–water partition coefficient (Wildman–Crippen LogP) is 10.2. The Morgan fingerprint density at radius 2 is 1.29 bits per heavy atom. The molecule has 0 saturated carbocycles. The first-order valence-corrected chi connectivity index (χ1v) is 14.4. The first-order chi connectivity index (χ1) is 19.9. The van der Waals surface area contributed by atoms with Crippen LogP contribution < -0.4 is 0 Å². The third-order valence-corrected chi connectivity index (χ3v) is 9.67. The smallest absolute Gasteiger partial charge is 0.0787 e. The molecule has 0 spiro atoms. The highest BCUT2D eigenvalue weighted by Crippen LogP contribution is 2.52. The molecule has 0 aliphatic heterocycles. The quantitative estimate of drug-likeness (QED) is 0.200. The second-order valence-corrected chi connectivity index (χ2v) is 12.4. The van der Waals surface area contributed by atoms with E-state index in [-0.39, 0.29) is 5.41 Å². The third kappa shape index (κ3) is 2.87. The predicted molar refractivity (Wildman–Crippen MR) is 171 cm³/mol. The summed E-state index contributed by atoms with van der Waals surface area (Å²) in [5.41, 5.74) is 15.0. The maximum absolute atomic E-state index is 4.87. The minimum atomic E-state index is -0.0942. The van der Waals surface area contributed by atoms with Crippen molar-refractivity contribution >= 4 is 32.3 Å². The Morgan fingerprint density at radius 3 is 2.17 bits per heavy atom. The highest BCUT2D eigenvalue weighted by atomic mass is 14.7. The molecule has 9 rings (SSSR count). The first kappa shape index (κ1) is 22.9. The van der Waals surface area contributed by atoms with Gasteiger partial charge in [0.2, 0.25) is 0 Å². The molecule has 0 unspecified atom stereocenters. The first-order valence-electron chi connectivity index (χ1n) is 14.4. The number of benzene rings is 5. The van der Waals surface area contributed by atoms with E-state index in [9.17, 15) is 0 Å². The van der Waals surface area contributed by atoms with Crippen LogP contribution >= 0.6 is 0 Å². The largest absolute Gasteiger partial charge is 0.256 e. The lowest BCUT2D eigenvalue weighted by atomic mass is 9.81. The van der Waals surface area contributed by atoms with E-state index in [4.69, 9.17) is 9.97 Å². The van der Waals surface area contributed by atoms with Gasteiger partial charge in [-0.3, -0.25) is 9.97 Å². The molecule has 0 saturated heterocycles. The Hall–Kier alpha value is -4.82. The van der Waals surface area contributed by atoms with Gasteiger partial charge in [-0.05, 0) is 110 Å². The van der Waals surface area contributed by atoms with Crippen LogP contribution in [0.1, 0.15) is 36.1 Å². The molecule has 2 aliphatic rings. The summed E-state index contributed by atoms with van der Waals surface area (Å²) in [5.74, 6) is 0. The normalized spacial score (nSPS) is 14.0. The molecule has 2 nitrogen and oxygen atoms in total. The summed E-state index contributed by atoms with van der Waals surface area (Å²) in [5, 5.41) is 7.81. The molecule has 5 aromatic carbocycles. The van der Waals surface area contributed by atoms with Gasteiger partial charge in [-0.15, -0.1) is 0 Å². The van der Waals surface area contributed by atoms with E-state index in [0.29, 0.717) is 0 Å². The maximum Gasteiger partial charge on any atom is 0.0787 e. The molecule has 0 atom stereocenters. The van der Waals surface area contributed by atoms with E-state index < -0.39 is 0 Å². The van der Waals surface area contributed by atoms with E-state index in [1.54, 1.807) is 0 Å². The van der Waals surface area contributed by atoms with Crippen molar-refractivity contribution in [2.75, 3.05) is 0 Å². The molecule has 194 valence electrons. The summed E-state index contributed by atoms with van der Waals surface area (Å²) in [4.78, 5) is 9.64. The molecule has 0 amide bonds. The van der Waals surface area contributed by atoms with Gasteiger partial charge in [0.05, 0.1) is 11.4 Å². The van der Waals surface area contributed by atoms with Crippen LogP contribution in [0.5, 0.6) is 0 Å². The summed E-state index contributed by atoms with van der Waals surface area (Å²) in [6, 6.07) is 31.9. The SMILES string of the molecule is Cc1ccc2c(c1)c(-c1ccc3c(c1)C(C)(C)c1cccnc1-3)cc1c3ccc(C)c4c3c(cc21)-c1ncccc1-4. The van der Waals surface area contributed by atoms with Crippen molar-refractivity contribution in [3.05, 3.63) is 120 Å². The van der Waals surface area contributed by atoms with Gasteiger partial charge in [0.1, 0.15) is 0 Å². The standard InChI is InChI=1S/C39H28N2/c1-21-9-12-24-29(17-21)28(23-11-14-26-34(18-23)39(3,4)33-8-6-16-41-38(26)33)19-31-25-13-10-22(2)35-27-7-5-15-40-37(27)32(36(25)35)20-30(24)31/h5-20H,1-4H3. The summed E-state index contributed by atoms with van der Waals surface area (Å²) >= 11 is 0. The van der Waals surface area contributed by atoms with E-state index in [1.807, 2.05) is 12.4 Å². The number of rotatable bonds is 1. The molecule has 0 fully saturated rings. The molecule has 0 N–H and O–H groups in total. The summed E-state index contributed by atoms with van der Waals surface area (Å²) in [7, 11) is 0. The van der Waals surface area contributed by atoms with Gasteiger partial charge < -0.3 is 0 Å². The number of fused-ring (bicyclic) bond motifs is 10. The molecule has 2 heteroatoms. The number of aromatic nitrogens is 2. The summed E-state index contributed by atoms with van der Waals surface area (Å²) < 4.78 is 0. The molecule has 2 aromatic heterocycles. The van der Waals surface area contributed by atoms with Crippen molar-refractivity contribution in [2.24, 2.45) is 0 Å². The molecular weight excluding hydrogens is 496 g/mol. The zero-order valence-electron chi connectivity index (χ0n) is 23.6. The fraction of sp³-hybridized carbons (Fsp3) is 0.128. The van der Waals surface area contributed by atoms with Crippen LogP contribution in [0.2, 0.25) is 0 Å². The minimum Gasteiger partial charge on any atom is -0.256 e. The molecule has 7 aromatic rings. The van der Waals surface area contributed by atoms with Crippen molar-refractivity contribution in [1.82, 2.24) is 9.97 Å². The number of hydrogen-bond acceptors (Lipinski definition) is 2. The second kappa shape index (κ2) is 7.67. The van der Waals surface area contributed by atoms with Crippen LogP contribution in [0.15, 0.2) is 97.3 Å². The molecule has 0 bridgehead atoms. The fourth-order valence-electron chi connectivity index (χ4n) is 7.67. The van der Waals surface area contributed by atoms with Gasteiger partial charge in [-0.25, -0.2) is 0 Å². The van der Waals surface area contributed by atoms with Crippen LogP contribution in [0.25, 0.3) is 77.1 Å². The van der Waals surface area contributed by atoms with Crippen molar-refractivity contribution in [1.29, 1.82) is 0 Å². The van der Waals surface area contributed by atoms with Crippen LogP contribution in [0.3, 0.4) is 0 Å². The maximum atomic E-state index is 4.87. The molecular formula is C39H28N2. The van der Waals surface area contributed by atoms with E-state index in [1.165, 1.54) is 88.0 Å². The van der Waals surface area contributed by atoms with Crippen molar-refractivity contribution in [2.45, 2.75) is 33.1 Å². The Morgan fingerprint density at radius 1 is 0.537 bits per heavy atom. The minimum absolute atomic E-state index is 0.0942. The Labute approximate surface area is 239 Å². The van der Waals surface area contributed by atoms with Gasteiger partial charge in [0, 0.05) is 34.5 Å². The Bertz CT molecular complexity index is 2310. The fourth-order valence-corrected chi connectivity index (χ4v) is 7.67.